The number of aromatic nitrogens is 1. The molecule has 1 atom stereocenters. The minimum absolute atomic E-state index is 0.145. The normalized spacial score (nSPS) is 12.4. The summed E-state index contributed by atoms with van der Waals surface area (Å²) in [6.45, 7) is 3.82. The molecular formula is C11H15N3O4S. The average Bonchev–Trinajstić information content (AvgIpc) is 2.34. The molecule has 19 heavy (non-hydrogen) atoms. The molecule has 104 valence electrons. The monoisotopic (exact) mass is 285 g/mol. The number of carbonyl (C=O) groups is 1. The number of nitrogens with zero attached hydrogens (tertiary/aromatic N) is 2. The summed E-state index contributed by atoms with van der Waals surface area (Å²) in [7, 11) is 0. The van der Waals surface area contributed by atoms with Crippen molar-refractivity contribution in [3.05, 3.63) is 28.4 Å². The third-order valence-corrected chi connectivity index (χ3v) is 3.16. The molecule has 1 aromatic rings. The number of carboxylic acid groups (broad SMARTS) is 1. The average molecular weight is 285 g/mol. The Hall–Kier alpha value is -1.67. The molecule has 1 rings (SSSR count). The maximum Gasteiger partial charge on any atom is 0.321 e. The Morgan fingerprint density at radius 3 is 2.84 bits per heavy atom. The predicted octanol–water partition coefficient (Wildman–Crippen LogP) is 2.09. The number of pyridine rings is 1. The van der Waals surface area contributed by atoms with Crippen LogP contribution in [-0.4, -0.2) is 27.0 Å². The van der Waals surface area contributed by atoms with Gasteiger partial charge in [-0.05, 0) is 30.4 Å². The highest BCUT2D eigenvalue weighted by Crippen LogP contribution is 2.25. The number of nitrogens with one attached hydrogen (secondary N) is 1. The lowest BCUT2D eigenvalue weighted by Gasteiger charge is -2.15. The van der Waals surface area contributed by atoms with E-state index >= 15 is 0 Å². The van der Waals surface area contributed by atoms with E-state index in [9.17, 15) is 14.9 Å². The van der Waals surface area contributed by atoms with Crippen LogP contribution in [-0.2, 0) is 4.79 Å². The lowest BCUT2D eigenvalue weighted by Crippen LogP contribution is -2.33. The van der Waals surface area contributed by atoms with Gasteiger partial charge in [-0.3, -0.25) is 14.9 Å². The Balaban J connectivity index is 2.74. The van der Waals surface area contributed by atoms with Crippen LogP contribution in [0.1, 0.15) is 20.3 Å². The van der Waals surface area contributed by atoms with Gasteiger partial charge in [-0.1, -0.05) is 13.8 Å². The van der Waals surface area contributed by atoms with Gasteiger partial charge in [0.05, 0.1) is 4.92 Å². The number of carboxylic acids is 1. The summed E-state index contributed by atoms with van der Waals surface area (Å²) in [5, 5.41) is 20.0. The Labute approximate surface area is 114 Å². The van der Waals surface area contributed by atoms with Crippen LogP contribution in [0.3, 0.4) is 0 Å². The van der Waals surface area contributed by atoms with Crippen LogP contribution in [0.15, 0.2) is 23.4 Å². The Morgan fingerprint density at radius 2 is 2.32 bits per heavy atom. The smallest absolute Gasteiger partial charge is 0.321 e. The van der Waals surface area contributed by atoms with Crippen LogP contribution in [0.5, 0.6) is 0 Å². The first kappa shape index (κ1) is 15.4. The van der Waals surface area contributed by atoms with Crippen LogP contribution in [0.25, 0.3) is 0 Å². The van der Waals surface area contributed by atoms with E-state index in [2.05, 4.69) is 9.71 Å². The zero-order chi connectivity index (χ0) is 14.4. The molecule has 0 unspecified atom stereocenters. The third-order valence-electron chi connectivity index (χ3n) is 2.25. The lowest BCUT2D eigenvalue weighted by molar-refractivity contribution is -0.388. The second-order valence-corrected chi connectivity index (χ2v) is 5.15. The summed E-state index contributed by atoms with van der Waals surface area (Å²) in [6, 6.07) is 2.02. The highest BCUT2D eigenvalue weighted by atomic mass is 32.2. The van der Waals surface area contributed by atoms with Crippen molar-refractivity contribution in [3.63, 3.8) is 0 Å². The number of hydrogen-bond acceptors (Lipinski definition) is 6. The molecule has 0 bridgehead atoms. The predicted molar refractivity (Wildman–Crippen MR) is 70.8 cm³/mol. The molecule has 1 heterocycles. The van der Waals surface area contributed by atoms with Crippen LogP contribution in [0, 0.1) is 16.0 Å². The maximum absolute atomic E-state index is 11.0. The second-order valence-electron chi connectivity index (χ2n) is 4.33. The summed E-state index contributed by atoms with van der Waals surface area (Å²) in [5.41, 5.74) is -0.145. The Kier molecular flexibility index (Phi) is 5.71. The molecule has 0 spiro atoms. The fraction of sp³-hybridized carbons (Fsp3) is 0.455. The molecule has 0 saturated carbocycles. The van der Waals surface area contributed by atoms with E-state index in [1.54, 1.807) is 0 Å². The maximum atomic E-state index is 11.0. The topological polar surface area (TPSA) is 105 Å². The first-order valence-electron chi connectivity index (χ1n) is 5.66. The minimum Gasteiger partial charge on any atom is -0.480 e. The van der Waals surface area contributed by atoms with Crippen molar-refractivity contribution in [3.8, 4) is 0 Å². The lowest BCUT2D eigenvalue weighted by atomic mass is 10.1. The van der Waals surface area contributed by atoms with Gasteiger partial charge in [0.1, 0.15) is 6.04 Å². The summed E-state index contributed by atoms with van der Waals surface area (Å²) in [4.78, 5) is 25.2. The molecule has 0 radical (unpaired) electrons. The Morgan fingerprint density at radius 1 is 1.63 bits per heavy atom. The molecule has 0 fully saturated rings. The van der Waals surface area contributed by atoms with Crippen LogP contribution < -0.4 is 4.72 Å². The molecule has 0 saturated heterocycles. The van der Waals surface area contributed by atoms with Crippen molar-refractivity contribution < 1.29 is 14.8 Å². The molecule has 1 aromatic heterocycles. The molecule has 0 amide bonds. The largest absolute Gasteiger partial charge is 0.480 e. The number of aliphatic carboxylic acids is 1. The van der Waals surface area contributed by atoms with Gasteiger partial charge in [0.25, 0.3) is 0 Å². The summed E-state index contributed by atoms with van der Waals surface area (Å²) in [5.74, 6) is -0.785. The van der Waals surface area contributed by atoms with Crippen LogP contribution >= 0.6 is 11.9 Å². The SMILES string of the molecule is CC(C)C[C@@H](NSc1ncccc1[N+](=O)[O-])C(=O)O. The fourth-order valence-corrected chi connectivity index (χ4v) is 2.21. The first-order valence-corrected chi connectivity index (χ1v) is 6.48. The van der Waals surface area contributed by atoms with E-state index in [1.807, 2.05) is 13.8 Å². The molecule has 7 nitrogen and oxygen atoms in total. The highest BCUT2D eigenvalue weighted by Gasteiger charge is 2.21. The Bertz CT molecular complexity index is 467. The summed E-state index contributed by atoms with van der Waals surface area (Å²) in [6.07, 6.45) is 1.86. The summed E-state index contributed by atoms with van der Waals surface area (Å²) < 4.78 is 2.71. The highest BCUT2D eigenvalue weighted by molar-refractivity contribution is 7.97. The van der Waals surface area contributed by atoms with Gasteiger partial charge >= 0.3 is 11.7 Å². The molecule has 2 N–H and O–H groups in total. The van der Waals surface area contributed by atoms with E-state index < -0.39 is 16.9 Å². The van der Waals surface area contributed by atoms with Crippen LogP contribution in [0.4, 0.5) is 5.69 Å². The summed E-state index contributed by atoms with van der Waals surface area (Å²) >= 11 is 0.870. The molecular weight excluding hydrogens is 270 g/mol. The molecule has 0 aliphatic rings. The van der Waals surface area contributed by atoms with Gasteiger partial charge in [-0.2, -0.15) is 0 Å². The van der Waals surface area contributed by atoms with Crippen molar-refractivity contribution in [2.45, 2.75) is 31.3 Å². The third kappa shape index (κ3) is 4.84. The van der Waals surface area contributed by atoms with Gasteiger partial charge < -0.3 is 5.11 Å². The zero-order valence-electron chi connectivity index (χ0n) is 10.6. The van der Waals surface area contributed by atoms with E-state index in [1.165, 1.54) is 18.3 Å². The van der Waals surface area contributed by atoms with Crippen LogP contribution in [0.2, 0.25) is 0 Å². The van der Waals surface area contributed by atoms with Crippen molar-refractivity contribution in [1.82, 2.24) is 9.71 Å². The number of rotatable bonds is 7. The second kappa shape index (κ2) is 7.05. The van der Waals surface area contributed by atoms with Gasteiger partial charge in [-0.15, -0.1) is 0 Å². The van der Waals surface area contributed by atoms with Crippen molar-refractivity contribution in [1.29, 1.82) is 0 Å². The van der Waals surface area contributed by atoms with Gasteiger partial charge in [0, 0.05) is 12.3 Å². The van der Waals surface area contributed by atoms with Gasteiger partial charge in [0.2, 0.25) is 0 Å². The van der Waals surface area contributed by atoms with Crippen molar-refractivity contribution >= 4 is 23.6 Å². The minimum atomic E-state index is -0.986. The van der Waals surface area contributed by atoms with E-state index in [0.29, 0.717) is 6.42 Å². The van der Waals surface area contributed by atoms with E-state index in [4.69, 9.17) is 5.11 Å². The fourth-order valence-electron chi connectivity index (χ4n) is 1.40. The van der Waals surface area contributed by atoms with Crippen molar-refractivity contribution in [2.75, 3.05) is 0 Å². The van der Waals surface area contributed by atoms with Gasteiger partial charge in [0.15, 0.2) is 5.03 Å². The number of nitro groups is 1. The first-order chi connectivity index (χ1) is 8.91. The van der Waals surface area contributed by atoms with E-state index in [-0.39, 0.29) is 16.6 Å². The van der Waals surface area contributed by atoms with Gasteiger partial charge in [-0.25, -0.2) is 9.71 Å². The standard InChI is InChI=1S/C11H15N3O4S/c1-7(2)6-8(11(15)16)13-19-10-9(14(17)18)4-3-5-12-10/h3-5,7-8,13H,6H2,1-2H3,(H,15,16)/t8-/m1/s1. The molecule has 0 aliphatic carbocycles. The quantitative estimate of drug-likeness (QED) is 0.449. The molecule has 8 heteroatoms. The number of hydrogen-bond donors (Lipinski definition) is 2. The molecule has 0 aromatic carbocycles. The van der Waals surface area contributed by atoms with E-state index in [0.717, 1.165) is 11.9 Å². The van der Waals surface area contributed by atoms with Crippen molar-refractivity contribution in [2.24, 2.45) is 5.92 Å². The molecule has 0 aliphatic heterocycles. The zero-order valence-corrected chi connectivity index (χ0v) is 11.4.